The van der Waals surface area contributed by atoms with Crippen molar-refractivity contribution < 1.29 is 42.2 Å². The number of halogens is 4. The van der Waals surface area contributed by atoms with Gasteiger partial charge in [0.2, 0.25) is 11.9 Å². The number of hydrogen-bond donors (Lipinski definition) is 6. The number of amides is 3. The van der Waals surface area contributed by atoms with Crippen LogP contribution in [-0.2, 0) is 26.5 Å². The van der Waals surface area contributed by atoms with Crippen molar-refractivity contribution in [2.75, 3.05) is 30.3 Å². The number of carbonyl (C=O) groups excluding carboxylic acids is 3. The maximum atomic E-state index is 13.0. The molecule has 0 aliphatic heterocycles. The summed E-state index contributed by atoms with van der Waals surface area (Å²) in [4.78, 5) is 62.2. The predicted molar refractivity (Wildman–Crippen MR) is 200 cm³/mol. The summed E-state index contributed by atoms with van der Waals surface area (Å²) in [6, 6.07) is 12.8. The minimum absolute atomic E-state index is 0.0390. The van der Waals surface area contributed by atoms with Gasteiger partial charge in [0, 0.05) is 47.0 Å². The second kappa shape index (κ2) is 16.6. The first-order chi connectivity index (χ1) is 27.0. The molecule has 302 valence electrons. The quantitative estimate of drug-likeness (QED) is 0.0819. The Morgan fingerprint density at radius 3 is 2.19 bits per heavy atom. The van der Waals surface area contributed by atoms with Crippen molar-refractivity contribution in [2.24, 2.45) is 5.41 Å². The summed E-state index contributed by atoms with van der Waals surface area (Å²) >= 11 is 6.03. The summed E-state index contributed by atoms with van der Waals surface area (Å²) in [5.41, 5.74) is 2.45. The van der Waals surface area contributed by atoms with Gasteiger partial charge in [-0.2, -0.15) is 33.2 Å². The molecule has 0 spiro atoms. The number of carboxylic acids is 1. The number of rotatable bonds is 17. The van der Waals surface area contributed by atoms with Crippen LogP contribution >= 0.6 is 11.6 Å². The number of hydrogen-bond acceptors (Lipinski definition) is 11. The number of carboxylic acid groups (broad SMARTS) is 1. The molecule has 20 heteroatoms. The highest BCUT2D eigenvalue weighted by Gasteiger charge is 2.45. The summed E-state index contributed by atoms with van der Waals surface area (Å²) in [6.07, 6.45) is -1.70. The van der Waals surface area contributed by atoms with E-state index < -0.39 is 54.1 Å². The number of aliphatic carboxylic acids is 1. The number of carbonyl (C=O) groups is 4. The Morgan fingerprint density at radius 1 is 0.930 bits per heavy atom. The van der Waals surface area contributed by atoms with Gasteiger partial charge in [0.05, 0.1) is 11.2 Å². The van der Waals surface area contributed by atoms with E-state index in [9.17, 15) is 37.5 Å². The number of nitrogens with one attached hydrogen (secondary N) is 5. The number of alkyl halides is 3. The predicted octanol–water partition coefficient (Wildman–Crippen LogP) is 4.41. The zero-order valence-corrected chi connectivity index (χ0v) is 31.6. The maximum Gasteiger partial charge on any atom is 0.422 e. The van der Waals surface area contributed by atoms with E-state index in [0.717, 1.165) is 29.8 Å². The molecule has 0 saturated heterocycles. The molecule has 2 aliphatic rings. The van der Waals surface area contributed by atoms with Crippen LogP contribution < -0.4 is 31.3 Å². The number of ether oxygens (including phenoxy) is 1. The Hall–Kier alpha value is -5.98. The molecule has 2 heterocycles. The molecule has 2 aromatic heterocycles. The highest BCUT2D eigenvalue weighted by Crippen LogP contribution is 2.48. The molecule has 0 radical (unpaired) electrons. The van der Waals surface area contributed by atoms with Crippen LogP contribution in [0.4, 0.5) is 30.8 Å². The van der Waals surface area contributed by atoms with Crippen molar-refractivity contribution in [3.8, 4) is 6.01 Å². The second-order valence-corrected chi connectivity index (χ2v) is 14.7. The number of nitrogens with zero attached hydrogens (tertiary/aromatic N) is 5. The van der Waals surface area contributed by atoms with E-state index in [4.69, 9.17) is 16.3 Å². The zero-order valence-electron chi connectivity index (χ0n) is 30.9. The van der Waals surface area contributed by atoms with Crippen LogP contribution in [0.3, 0.4) is 0 Å². The van der Waals surface area contributed by atoms with Crippen LogP contribution in [0.25, 0.3) is 0 Å². The van der Waals surface area contributed by atoms with Gasteiger partial charge in [0.1, 0.15) is 6.04 Å². The lowest BCUT2D eigenvalue weighted by molar-refractivity contribution is -0.154. The standard InChI is InChI=1S/C37H40ClF3N10O6/c1-21-17-22(2)51(50-21)19-35(12-13-35)18-43-30(54)29(53)42-16-11-27(31(55)56)45-28(52)23-3-9-26(10-4-23)44-32-46-33(48-34(47-32)57-20-37(39,40)41)49-36(14-15-36)24-5-7-25(38)8-6-24/h3-10,17,27H,11-16,18-20H2,1-2H3,(H,42,53)(H,43,54)(H,45,52)(H,55,56)(H2,44,46,47,48,49)/t27-/m0/s1. The molecule has 2 aromatic carbocycles. The second-order valence-electron chi connectivity index (χ2n) is 14.3. The highest BCUT2D eigenvalue weighted by atomic mass is 35.5. The molecular weight excluding hydrogens is 773 g/mol. The molecule has 0 bridgehead atoms. The first kappa shape index (κ1) is 40.7. The monoisotopic (exact) mass is 812 g/mol. The molecule has 3 amide bonds. The van der Waals surface area contributed by atoms with Crippen LogP contribution in [0, 0.1) is 19.3 Å². The molecule has 6 N–H and O–H groups in total. The van der Waals surface area contributed by atoms with Gasteiger partial charge in [-0.3, -0.25) is 19.1 Å². The van der Waals surface area contributed by atoms with Gasteiger partial charge in [-0.1, -0.05) is 23.7 Å². The summed E-state index contributed by atoms with van der Waals surface area (Å²) in [5.74, 6) is -4.05. The molecule has 0 unspecified atom stereocenters. The van der Waals surface area contributed by atoms with E-state index in [1.54, 1.807) is 12.1 Å². The van der Waals surface area contributed by atoms with E-state index in [1.165, 1.54) is 24.3 Å². The molecule has 2 aliphatic carbocycles. The summed E-state index contributed by atoms with van der Waals surface area (Å²) < 4.78 is 45.6. The Bertz CT molecular complexity index is 2120. The first-order valence-corrected chi connectivity index (χ1v) is 18.4. The normalized spacial score (nSPS) is 15.5. The SMILES string of the molecule is Cc1cc(C)n(CC2(CNC(=O)C(=O)NCC[C@H](NC(=O)c3ccc(Nc4nc(NC5(c6ccc(Cl)cc6)CC5)nc(OCC(F)(F)F)n4)cc3)C(=O)O)CC2)n1. The topological polar surface area (TPSA) is 214 Å². The fourth-order valence-corrected chi connectivity index (χ4v) is 6.21. The van der Waals surface area contributed by atoms with Gasteiger partial charge >= 0.3 is 30.0 Å². The number of aryl methyl sites for hydroxylation is 2. The van der Waals surface area contributed by atoms with Crippen molar-refractivity contribution in [3.63, 3.8) is 0 Å². The van der Waals surface area contributed by atoms with Crippen LogP contribution in [0.5, 0.6) is 6.01 Å². The largest absolute Gasteiger partial charge is 0.480 e. The Kier molecular flexibility index (Phi) is 11.9. The van der Waals surface area contributed by atoms with Gasteiger partial charge in [0.25, 0.3) is 5.91 Å². The van der Waals surface area contributed by atoms with Gasteiger partial charge in [0.15, 0.2) is 6.61 Å². The van der Waals surface area contributed by atoms with Gasteiger partial charge in [-0.15, -0.1) is 0 Å². The van der Waals surface area contributed by atoms with Crippen LogP contribution in [0.1, 0.15) is 59.4 Å². The minimum atomic E-state index is -4.64. The molecule has 1 atom stereocenters. The third-order valence-corrected chi connectivity index (χ3v) is 9.83. The van der Waals surface area contributed by atoms with E-state index in [0.29, 0.717) is 30.1 Å². The fraction of sp³-hybridized carbons (Fsp3) is 0.405. The number of aromatic nitrogens is 5. The number of anilines is 3. The lowest BCUT2D eigenvalue weighted by Gasteiger charge is -2.19. The minimum Gasteiger partial charge on any atom is -0.480 e. The van der Waals surface area contributed by atoms with Gasteiger partial charge < -0.3 is 36.4 Å². The third-order valence-electron chi connectivity index (χ3n) is 9.58. The average Bonchev–Trinajstić information content (AvgIpc) is 4.08. The Balaban J connectivity index is 1.01. The molecular formula is C37H40ClF3N10O6. The van der Waals surface area contributed by atoms with Gasteiger partial charge in [-0.05, 0) is 94.0 Å². The molecule has 16 nitrogen and oxygen atoms in total. The van der Waals surface area contributed by atoms with Gasteiger partial charge in [-0.25, -0.2) is 4.79 Å². The molecule has 6 rings (SSSR count). The molecule has 4 aromatic rings. The summed E-state index contributed by atoms with van der Waals surface area (Å²) in [5, 5.41) is 28.2. The van der Waals surface area contributed by atoms with E-state index in [2.05, 4.69) is 46.6 Å². The first-order valence-electron chi connectivity index (χ1n) is 18.0. The maximum absolute atomic E-state index is 13.0. The van der Waals surface area contributed by atoms with Crippen molar-refractivity contribution in [1.29, 1.82) is 0 Å². The highest BCUT2D eigenvalue weighted by molar-refractivity contribution is 6.35. The Morgan fingerprint density at radius 2 is 1.60 bits per heavy atom. The lowest BCUT2D eigenvalue weighted by atomic mass is 10.1. The zero-order chi connectivity index (χ0) is 41.0. The van der Waals surface area contributed by atoms with Crippen molar-refractivity contribution in [2.45, 2.75) is 70.3 Å². The lowest BCUT2D eigenvalue weighted by Crippen LogP contribution is -2.46. The van der Waals surface area contributed by atoms with Crippen molar-refractivity contribution >= 4 is 52.9 Å². The smallest absolute Gasteiger partial charge is 0.422 e. The van der Waals surface area contributed by atoms with E-state index in [-0.39, 0.29) is 42.4 Å². The molecule has 57 heavy (non-hydrogen) atoms. The van der Waals surface area contributed by atoms with E-state index in [1.807, 2.05) is 36.7 Å². The Labute approximate surface area is 329 Å². The number of benzene rings is 2. The van der Waals surface area contributed by atoms with Crippen molar-refractivity contribution in [1.82, 2.24) is 40.7 Å². The van der Waals surface area contributed by atoms with Crippen molar-refractivity contribution in [3.05, 3.63) is 82.1 Å². The van der Waals surface area contributed by atoms with Crippen LogP contribution in [-0.4, -0.2) is 85.4 Å². The third kappa shape index (κ3) is 11.1. The fourth-order valence-electron chi connectivity index (χ4n) is 6.08. The van der Waals surface area contributed by atoms with Crippen LogP contribution in [0.15, 0.2) is 54.6 Å². The average molecular weight is 813 g/mol. The molecule has 2 saturated carbocycles. The van der Waals surface area contributed by atoms with Crippen LogP contribution in [0.2, 0.25) is 5.02 Å². The van der Waals surface area contributed by atoms with E-state index >= 15 is 0 Å². The summed E-state index contributed by atoms with van der Waals surface area (Å²) in [7, 11) is 0. The summed E-state index contributed by atoms with van der Waals surface area (Å²) in [6.45, 7) is 2.92. The molecule has 2 fully saturated rings.